The molecule has 4 aromatic heterocycles. The zero-order valence-electron chi connectivity index (χ0n) is 25.4. The predicted octanol–water partition coefficient (Wildman–Crippen LogP) is 5.92. The van der Waals surface area contributed by atoms with E-state index in [0.29, 0.717) is 0 Å². The molecule has 0 bridgehead atoms. The van der Waals surface area contributed by atoms with Crippen molar-refractivity contribution in [2.24, 2.45) is 0 Å². The Bertz CT molecular complexity index is 1860. The highest BCUT2D eigenvalue weighted by atomic mass is 16.5. The van der Waals surface area contributed by atoms with Crippen LogP contribution in [0.15, 0.2) is 49.1 Å². The van der Waals surface area contributed by atoms with Gasteiger partial charge in [-0.1, -0.05) is 12.2 Å². The number of aliphatic hydroxyl groups is 1. The molecule has 0 radical (unpaired) electrons. The van der Waals surface area contributed by atoms with E-state index in [0.717, 1.165) is 109 Å². The van der Waals surface area contributed by atoms with Crippen LogP contribution < -0.4 is 0 Å². The third-order valence-corrected chi connectivity index (χ3v) is 9.99. The van der Waals surface area contributed by atoms with Gasteiger partial charge < -0.3 is 19.3 Å². The largest absolute Gasteiger partial charge is 0.382 e. The molecule has 4 unspecified atom stereocenters. The first-order valence-electron chi connectivity index (χ1n) is 16.2. The quantitative estimate of drug-likeness (QED) is 0.307. The molecule has 4 atom stereocenters. The Kier molecular flexibility index (Phi) is 6.59. The van der Waals surface area contributed by atoms with Gasteiger partial charge in [0.1, 0.15) is 36.1 Å². The topological polar surface area (TPSA) is 109 Å². The molecular formula is C35H36N6O4. The molecule has 230 valence electrons. The van der Waals surface area contributed by atoms with Crippen molar-refractivity contribution < 1.29 is 19.3 Å². The molecule has 45 heavy (non-hydrogen) atoms. The number of aliphatic hydroxyl groups excluding tert-OH is 1. The standard InChI is InChI=1S/C18H19N3O2.C17H17N3O2/c1-22-18-12-5-6-14-16(12)11(7-8-19-14)13-10-21(20-17(13)18)15-4-2-3-9-23-15;21-17-11-4-5-13-15(11)10(6-7-18-13)12-9-20(19-16(12)17)14-3-1-2-8-22-14/h5,7-8,10,15,18H,2-4,6,9H2,1H3;4,6-7,9,14,17,21H,1-3,5,8H2. The van der Waals surface area contributed by atoms with Gasteiger partial charge in [-0.2, -0.15) is 10.2 Å². The minimum Gasteiger partial charge on any atom is -0.382 e. The highest BCUT2D eigenvalue weighted by Gasteiger charge is 2.38. The fourth-order valence-electron chi connectivity index (χ4n) is 7.83. The number of nitrogens with zero attached hydrogens (tertiary/aromatic N) is 6. The Hall–Kier alpha value is -3.96. The molecule has 10 heteroatoms. The van der Waals surface area contributed by atoms with Crippen LogP contribution in [0, 0.1) is 0 Å². The molecule has 2 saturated heterocycles. The first kappa shape index (κ1) is 27.4. The van der Waals surface area contributed by atoms with Crippen molar-refractivity contribution in [3.8, 4) is 22.3 Å². The van der Waals surface area contributed by atoms with E-state index in [4.69, 9.17) is 19.3 Å². The molecule has 0 saturated carbocycles. The summed E-state index contributed by atoms with van der Waals surface area (Å²) in [5.41, 5.74) is 13.0. The second-order valence-corrected chi connectivity index (χ2v) is 12.6. The number of hydrogen-bond donors (Lipinski definition) is 1. The summed E-state index contributed by atoms with van der Waals surface area (Å²) in [6.45, 7) is 1.60. The average molecular weight is 605 g/mol. The number of fused-ring (bicyclic) bond motifs is 4. The summed E-state index contributed by atoms with van der Waals surface area (Å²) in [5, 5.41) is 20.2. The molecular weight excluding hydrogens is 568 g/mol. The molecule has 1 N–H and O–H groups in total. The molecule has 0 spiro atoms. The number of methoxy groups -OCH3 is 1. The van der Waals surface area contributed by atoms with E-state index in [-0.39, 0.29) is 18.6 Å². The SMILES string of the molecule is COC1C2=CCc3nccc(c32)-c2cn(C3CCCCO3)nc21.OC1C2=CCc3nccc(c32)-c2cn(C3CCCCO3)nc21. The van der Waals surface area contributed by atoms with Gasteiger partial charge in [0.25, 0.3) is 0 Å². The third-order valence-electron chi connectivity index (χ3n) is 9.99. The Morgan fingerprint density at radius 2 is 1.29 bits per heavy atom. The minimum absolute atomic E-state index is 0.00771. The summed E-state index contributed by atoms with van der Waals surface area (Å²) in [7, 11) is 1.75. The van der Waals surface area contributed by atoms with E-state index >= 15 is 0 Å². The molecule has 6 aliphatic rings. The molecule has 0 aromatic carbocycles. The zero-order valence-corrected chi connectivity index (χ0v) is 25.4. The van der Waals surface area contributed by atoms with Gasteiger partial charge in [0, 0.05) is 80.2 Å². The first-order chi connectivity index (χ1) is 22.2. The lowest BCUT2D eigenvalue weighted by atomic mass is 9.86. The second-order valence-electron chi connectivity index (χ2n) is 12.6. The van der Waals surface area contributed by atoms with Crippen molar-refractivity contribution in [2.75, 3.05) is 20.3 Å². The van der Waals surface area contributed by atoms with Crippen LogP contribution in [-0.2, 0) is 27.1 Å². The maximum Gasteiger partial charge on any atom is 0.150 e. The molecule has 10 rings (SSSR count). The number of hydrogen-bond acceptors (Lipinski definition) is 8. The van der Waals surface area contributed by atoms with Crippen LogP contribution in [0.2, 0.25) is 0 Å². The summed E-state index contributed by atoms with van der Waals surface area (Å²) in [6.07, 6.45) is 19.8. The van der Waals surface area contributed by atoms with Gasteiger partial charge in [-0.25, -0.2) is 9.36 Å². The smallest absolute Gasteiger partial charge is 0.150 e. The average Bonchev–Trinajstić information content (AvgIpc) is 3.91. The van der Waals surface area contributed by atoms with Crippen molar-refractivity contribution in [1.29, 1.82) is 0 Å². The summed E-state index contributed by atoms with van der Waals surface area (Å²) >= 11 is 0. The number of pyridine rings is 2. The van der Waals surface area contributed by atoms with E-state index in [1.54, 1.807) is 7.11 Å². The predicted molar refractivity (Wildman–Crippen MR) is 167 cm³/mol. The normalized spacial score (nSPS) is 25.3. The second kappa shape index (κ2) is 10.8. The van der Waals surface area contributed by atoms with Crippen molar-refractivity contribution in [3.05, 3.63) is 83.0 Å². The number of ether oxygens (including phenoxy) is 3. The number of aromatic nitrogens is 6. The highest BCUT2D eigenvalue weighted by molar-refractivity contribution is 5.93. The van der Waals surface area contributed by atoms with Gasteiger partial charge in [-0.05, 0) is 72.9 Å². The lowest BCUT2D eigenvalue weighted by Crippen LogP contribution is -2.19. The Labute approximate surface area is 261 Å². The van der Waals surface area contributed by atoms with E-state index in [1.807, 2.05) is 34.0 Å². The van der Waals surface area contributed by atoms with Crippen molar-refractivity contribution in [2.45, 2.75) is 76.0 Å². The summed E-state index contributed by atoms with van der Waals surface area (Å²) in [4.78, 5) is 8.97. The Morgan fingerprint density at radius 1 is 0.733 bits per heavy atom. The van der Waals surface area contributed by atoms with E-state index < -0.39 is 6.10 Å². The molecule has 4 aliphatic carbocycles. The number of rotatable bonds is 3. The van der Waals surface area contributed by atoms with Crippen LogP contribution in [0.5, 0.6) is 0 Å². The van der Waals surface area contributed by atoms with E-state index in [1.165, 1.54) is 23.1 Å². The van der Waals surface area contributed by atoms with Crippen molar-refractivity contribution in [1.82, 2.24) is 29.5 Å². The molecule has 6 heterocycles. The summed E-state index contributed by atoms with van der Waals surface area (Å²) in [5.74, 6) is 0. The molecule has 10 nitrogen and oxygen atoms in total. The molecule has 2 aliphatic heterocycles. The maximum atomic E-state index is 10.7. The third kappa shape index (κ3) is 4.30. The summed E-state index contributed by atoms with van der Waals surface area (Å²) in [6, 6.07) is 4.12. The molecule has 2 fully saturated rings. The van der Waals surface area contributed by atoms with Crippen LogP contribution in [0.3, 0.4) is 0 Å². The lowest BCUT2D eigenvalue weighted by molar-refractivity contribution is -0.0400. The van der Waals surface area contributed by atoms with Crippen LogP contribution in [0.4, 0.5) is 0 Å². The minimum atomic E-state index is -0.655. The van der Waals surface area contributed by atoms with Crippen LogP contribution in [0.25, 0.3) is 33.4 Å². The van der Waals surface area contributed by atoms with E-state index in [2.05, 4.69) is 39.5 Å². The van der Waals surface area contributed by atoms with Crippen LogP contribution in [0.1, 0.15) is 97.1 Å². The van der Waals surface area contributed by atoms with Crippen molar-refractivity contribution >= 4 is 11.1 Å². The summed E-state index contributed by atoms with van der Waals surface area (Å²) < 4.78 is 21.4. The van der Waals surface area contributed by atoms with Gasteiger partial charge >= 0.3 is 0 Å². The first-order valence-corrected chi connectivity index (χ1v) is 16.2. The van der Waals surface area contributed by atoms with Gasteiger partial charge in [0.05, 0.1) is 11.4 Å². The van der Waals surface area contributed by atoms with Gasteiger partial charge in [0.2, 0.25) is 0 Å². The monoisotopic (exact) mass is 604 g/mol. The van der Waals surface area contributed by atoms with Gasteiger partial charge in [-0.3, -0.25) is 9.97 Å². The fourth-order valence-corrected chi connectivity index (χ4v) is 7.83. The highest BCUT2D eigenvalue weighted by Crippen LogP contribution is 2.50. The number of allylic oxidation sites excluding steroid dienone is 2. The maximum absolute atomic E-state index is 10.7. The zero-order chi connectivity index (χ0) is 30.1. The Morgan fingerprint density at radius 3 is 1.87 bits per heavy atom. The van der Waals surface area contributed by atoms with E-state index in [9.17, 15) is 5.11 Å². The molecule has 4 aromatic rings. The van der Waals surface area contributed by atoms with Crippen LogP contribution >= 0.6 is 0 Å². The van der Waals surface area contributed by atoms with Gasteiger partial charge in [-0.15, -0.1) is 0 Å². The lowest BCUT2D eigenvalue weighted by Gasteiger charge is -2.24. The Balaban J connectivity index is 0.000000125. The van der Waals surface area contributed by atoms with Gasteiger partial charge in [0.15, 0.2) is 0 Å². The van der Waals surface area contributed by atoms with Crippen LogP contribution in [-0.4, -0.2) is 55.0 Å². The fraction of sp³-hybridized carbons (Fsp3) is 0.429. The van der Waals surface area contributed by atoms with Crippen molar-refractivity contribution in [3.63, 3.8) is 0 Å². The molecule has 0 amide bonds.